The Hall–Kier alpha value is -3.76. The van der Waals surface area contributed by atoms with Crippen molar-refractivity contribution in [2.45, 2.75) is 31.3 Å². The van der Waals surface area contributed by atoms with E-state index in [0.29, 0.717) is 11.3 Å². The fourth-order valence-corrected chi connectivity index (χ4v) is 5.02. The van der Waals surface area contributed by atoms with Crippen molar-refractivity contribution in [3.05, 3.63) is 94.9 Å². The van der Waals surface area contributed by atoms with Crippen LogP contribution in [0.3, 0.4) is 0 Å². The van der Waals surface area contributed by atoms with E-state index in [1.165, 1.54) is 10.4 Å². The summed E-state index contributed by atoms with van der Waals surface area (Å²) >= 11 is 0. The van der Waals surface area contributed by atoms with E-state index >= 15 is 0 Å². The van der Waals surface area contributed by atoms with E-state index in [1.807, 2.05) is 6.07 Å². The monoisotopic (exact) mass is 496 g/mol. The van der Waals surface area contributed by atoms with Crippen molar-refractivity contribution in [3.63, 3.8) is 0 Å². The lowest BCUT2D eigenvalue weighted by molar-refractivity contribution is -0.127. The van der Waals surface area contributed by atoms with E-state index in [1.54, 1.807) is 68.4 Å². The van der Waals surface area contributed by atoms with Crippen molar-refractivity contribution in [1.29, 1.82) is 0 Å². The molecule has 3 aromatic rings. The van der Waals surface area contributed by atoms with Gasteiger partial charge in [-0.25, -0.2) is 8.42 Å². The Bertz CT molecular complexity index is 1320. The molecule has 0 aliphatic heterocycles. The van der Waals surface area contributed by atoms with Crippen LogP contribution >= 0.6 is 0 Å². The SMILES string of the molecule is CCN(CC)S(=O)(=O)c1ccc(=O)n(CC(=O)NC(C(=O)Nc2ccccc2)c2ccccc2)c1. The Morgan fingerprint density at radius 1 is 0.914 bits per heavy atom. The predicted molar refractivity (Wildman–Crippen MR) is 133 cm³/mol. The number of hydrogen-bond acceptors (Lipinski definition) is 5. The Morgan fingerprint density at radius 2 is 1.51 bits per heavy atom. The molecule has 1 heterocycles. The number of sulfonamides is 1. The maximum Gasteiger partial charge on any atom is 0.251 e. The second-order valence-electron chi connectivity index (χ2n) is 7.69. The van der Waals surface area contributed by atoms with Gasteiger partial charge in [0.25, 0.3) is 11.5 Å². The molecule has 3 rings (SSSR count). The topological polar surface area (TPSA) is 118 Å². The highest BCUT2D eigenvalue weighted by Crippen LogP contribution is 2.17. The number of anilines is 1. The lowest BCUT2D eigenvalue weighted by atomic mass is 10.1. The highest BCUT2D eigenvalue weighted by molar-refractivity contribution is 7.89. The predicted octanol–water partition coefficient (Wildman–Crippen LogP) is 2.38. The van der Waals surface area contributed by atoms with Gasteiger partial charge in [-0.1, -0.05) is 62.4 Å². The van der Waals surface area contributed by atoms with E-state index in [-0.39, 0.29) is 18.0 Å². The molecule has 0 fully saturated rings. The van der Waals surface area contributed by atoms with Crippen LogP contribution in [-0.2, 0) is 26.2 Å². The van der Waals surface area contributed by atoms with Crippen LogP contribution in [-0.4, -0.2) is 42.2 Å². The number of nitrogens with zero attached hydrogens (tertiary/aromatic N) is 2. The lowest BCUT2D eigenvalue weighted by Crippen LogP contribution is -2.40. The Balaban J connectivity index is 1.83. The van der Waals surface area contributed by atoms with Crippen molar-refractivity contribution < 1.29 is 18.0 Å². The number of pyridine rings is 1. The van der Waals surface area contributed by atoms with Gasteiger partial charge in [-0.2, -0.15) is 4.31 Å². The molecule has 0 bridgehead atoms. The zero-order valence-corrected chi connectivity index (χ0v) is 20.4. The van der Waals surface area contributed by atoms with Crippen LogP contribution < -0.4 is 16.2 Å². The molecule has 35 heavy (non-hydrogen) atoms. The maximum absolute atomic E-state index is 13.0. The van der Waals surface area contributed by atoms with Crippen molar-refractivity contribution in [2.75, 3.05) is 18.4 Å². The van der Waals surface area contributed by atoms with Gasteiger partial charge >= 0.3 is 0 Å². The van der Waals surface area contributed by atoms with E-state index in [4.69, 9.17) is 0 Å². The molecule has 0 aliphatic rings. The van der Waals surface area contributed by atoms with Gasteiger partial charge in [0.05, 0.1) is 4.90 Å². The first-order valence-electron chi connectivity index (χ1n) is 11.2. The molecule has 0 aliphatic carbocycles. The van der Waals surface area contributed by atoms with Crippen molar-refractivity contribution in [2.24, 2.45) is 0 Å². The first-order chi connectivity index (χ1) is 16.8. The van der Waals surface area contributed by atoms with Crippen LogP contribution in [0.4, 0.5) is 5.69 Å². The zero-order valence-electron chi connectivity index (χ0n) is 19.5. The Labute approximate surface area is 204 Å². The molecule has 1 aromatic heterocycles. The number of aromatic nitrogens is 1. The van der Waals surface area contributed by atoms with Crippen LogP contribution in [0.2, 0.25) is 0 Å². The van der Waals surface area contributed by atoms with Gasteiger partial charge in [0.15, 0.2) is 0 Å². The summed E-state index contributed by atoms with van der Waals surface area (Å²) in [5.41, 5.74) is 0.585. The van der Waals surface area contributed by atoms with Gasteiger partial charge in [-0.15, -0.1) is 0 Å². The summed E-state index contributed by atoms with van der Waals surface area (Å²) in [4.78, 5) is 38.2. The van der Waals surface area contributed by atoms with Gasteiger partial charge in [0, 0.05) is 31.0 Å². The number of amides is 2. The van der Waals surface area contributed by atoms with Gasteiger partial charge in [-0.05, 0) is 23.8 Å². The number of carbonyl (C=O) groups is 2. The summed E-state index contributed by atoms with van der Waals surface area (Å²) in [5, 5.41) is 5.43. The summed E-state index contributed by atoms with van der Waals surface area (Å²) in [7, 11) is -3.81. The number of para-hydroxylation sites is 1. The summed E-state index contributed by atoms with van der Waals surface area (Å²) < 4.78 is 27.9. The second kappa shape index (κ2) is 11.6. The molecule has 0 spiro atoms. The molecular formula is C25H28N4O5S. The molecule has 0 saturated heterocycles. The third-order valence-electron chi connectivity index (χ3n) is 5.36. The van der Waals surface area contributed by atoms with Crippen LogP contribution in [0.15, 0.2) is 88.7 Å². The van der Waals surface area contributed by atoms with Gasteiger partial charge in [0.2, 0.25) is 15.9 Å². The molecule has 2 amide bonds. The molecule has 10 heteroatoms. The fourth-order valence-electron chi connectivity index (χ4n) is 3.54. The van der Waals surface area contributed by atoms with Crippen molar-refractivity contribution >= 4 is 27.5 Å². The highest BCUT2D eigenvalue weighted by atomic mass is 32.2. The van der Waals surface area contributed by atoms with E-state index in [9.17, 15) is 22.8 Å². The van der Waals surface area contributed by atoms with Gasteiger partial charge in [0.1, 0.15) is 12.6 Å². The number of nitrogens with one attached hydrogen (secondary N) is 2. The third-order valence-corrected chi connectivity index (χ3v) is 7.39. The normalized spacial score (nSPS) is 12.2. The minimum Gasteiger partial charge on any atom is -0.339 e. The molecule has 1 unspecified atom stereocenters. The molecule has 1 atom stereocenters. The molecule has 184 valence electrons. The maximum atomic E-state index is 13.0. The number of carbonyl (C=O) groups excluding carboxylic acids is 2. The summed E-state index contributed by atoms with van der Waals surface area (Å²) in [6, 6.07) is 18.8. The number of benzene rings is 2. The van der Waals surface area contributed by atoms with Crippen LogP contribution in [0.5, 0.6) is 0 Å². The number of rotatable bonds is 10. The fraction of sp³-hybridized carbons (Fsp3) is 0.240. The van der Waals surface area contributed by atoms with Crippen LogP contribution in [0, 0.1) is 0 Å². The highest BCUT2D eigenvalue weighted by Gasteiger charge is 2.25. The van der Waals surface area contributed by atoms with Crippen LogP contribution in [0.1, 0.15) is 25.5 Å². The molecule has 2 aromatic carbocycles. The summed E-state index contributed by atoms with van der Waals surface area (Å²) in [6.07, 6.45) is 1.15. The average Bonchev–Trinajstić information content (AvgIpc) is 2.85. The first kappa shape index (κ1) is 25.9. The minimum absolute atomic E-state index is 0.0879. The molecular weight excluding hydrogens is 468 g/mol. The molecule has 2 N–H and O–H groups in total. The van der Waals surface area contributed by atoms with E-state index < -0.39 is 40.0 Å². The number of hydrogen-bond donors (Lipinski definition) is 2. The van der Waals surface area contributed by atoms with Crippen molar-refractivity contribution in [3.8, 4) is 0 Å². The first-order valence-corrected chi connectivity index (χ1v) is 12.6. The smallest absolute Gasteiger partial charge is 0.251 e. The lowest BCUT2D eigenvalue weighted by Gasteiger charge is -2.20. The van der Waals surface area contributed by atoms with Crippen LogP contribution in [0.25, 0.3) is 0 Å². The molecule has 0 saturated carbocycles. The zero-order chi connectivity index (χ0) is 25.4. The third kappa shape index (κ3) is 6.43. The van der Waals surface area contributed by atoms with Gasteiger partial charge in [-0.3, -0.25) is 14.4 Å². The average molecular weight is 497 g/mol. The van der Waals surface area contributed by atoms with E-state index in [2.05, 4.69) is 10.6 Å². The molecule has 0 radical (unpaired) electrons. The summed E-state index contributed by atoms with van der Waals surface area (Å²) in [5.74, 6) is -1.08. The van der Waals surface area contributed by atoms with Crippen molar-refractivity contribution in [1.82, 2.24) is 14.2 Å². The van der Waals surface area contributed by atoms with Gasteiger partial charge < -0.3 is 15.2 Å². The summed E-state index contributed by atoms with van der Waals surface area (Å²) in [6.45, 7) is 3.52. The standard InChI is InChI=1S/C25H28N4O5S/c1-3-29(4-2)35(33,34)21-15-16-23(31)28(17-21)18-22(30)27-24(19-11-7-5-8-12-19)25(32)26-20-13-9-6-10-14-20/h5-17,24H,3-4,18H2,1-2H3,(H,26,32)(H,27,30). The Kier molecular flexibility index (Phi) is 8.56. The largest absolute Gasteiger partial charge is 0.339 e. The van der Waals surface area contributed by atoms with E-state index in [0.717, 1.165) is 16.8 Å². The minimum atomic E-state index is -3.81. The second-order valence-corrected chi connectivity index (χ2v) is 9.62. The molecule has 9 nitrogen and oxygen atoms in total. The Morgan fingerprint density at radius 3 is 2.11 bits per heavy atom. The quantitative estimate of drug-likeness (QED) is 0.447.